The van der Waals surface area contributed by atoms with E-state index >= 15 is 0 Å². The van der Waals surface area contributed by atoms with Crippen molar-refractivity contribution < 1.29 is 0 Å². The molecule has 0 aliphatic heterocycles. The van der Waals surface area contributed by atoms with Gasteiger partial charge in [-0.1, -0.05) is 20.3 Å². The predicted octanol–water partition coefficient (Wildman–Crippen LogP) is 2.45. The third-order valence-corrected chi connectivity index (χ3v) is 3.32. The van der Waals surface area contributed by atoms with E-state index in [1.807, 2.05) is 7.05 Å². The lowest BCUT2D eigenvalue weighted by molar-refractivity contribution is 0.420. The van der Waals surface area contributed by atoms with Gasteiger partial charge < -0.3 is 5.32 Å². The highest BCUT2D eigenvalue weighted by atomic mass is 15.3. The molecule has 1 unspecified atom stereocenters. The minimum absolute atomic E-state index is 0.535. The van der Waals surface area contributed by atoms with Crippen molar-refractivity contribution in [2.45, 2.75) is 59.5 Å². The fourth-order valence-corrected chi connectivity index (χ4v) is 2.31. The monoisotopic (exact) mass is 223 g/mol. The molecule has 0 aliphatic carbocycles. The van der Waals surface area contributed by atoms with Crippen LogP contribution in [0.2, 0.25) is 0 Å². The van der Waals surface area contributed by atoms with Crippen molar-refractivity contribution in [3.8, 4) is 0 Å². The van der Waals surface area contributed by atoms with Crippen molar-refractivity contribution in [3.05, 3.63) is 17.0 Å². The largest absolute Gasteiger partial charge is 0.315 e. The SMILES string of the molecule is CCCC(Cn1nc(C)c(CC)c1C)NC. The average Bonchev–Trinajstić information content (AvgIpc) is 2.53. The smallest absolute Gasteiger partial charge is 0.0628 e. The van der Waals surface area contributed by atoms with Gasteiger partial charge in [-0.3, -0.25) is 4.68 Å². The first-order chi connectivity index (χ1) is 7.63. The van der Waals surface area contributed by atoms with Crippen LogP contribution in [0.5, 0.6) is 0 Å². The molecule has 0 saturated carbocycles. The highest BCUT2D eigenvalue weighted by Crippen LogP contribution is 2.14. The van der Waals surface area contributed by atoms with Crippen LogP contribution < -0.4 is 5.32 Å². The van der Waals surface area contributed by atoms with E-state index in [-0.39, 0.29) is 0 Å². The van der Waals surface area contributed by atoms with Gasteiger partial charge in [0.25, 0.3) is 0 Å². The number of hydrogen-bond donors (Lipinski definition) is 1. The molecule has 1 rings (SSSR count). The van der Waals surface area contributed by atoms with Gasteiger partial charge in [-0.15, -0.1) is 0 Å². The first-order valence-corrected chi connectivity index (χ1v) is 6.34. The Labute approximate surface area is 99.2 Å². The number of rotatable bonds is 6. The van der Waals surface area contributed by atoms with Gasteiger partial charge in [0, 0.05) is 11.7 Å². The number of aryl methyl sites for hydroxylation is 1. The maximum atomic E-state index is 4.63. The van der Waals surface area contributed by atoms with Crippen molar-refractivity contribution in [3.63, 3.8) is 0 Å². The molecule has 16 heavy (non-hydrogen) atoms. The van der Waals surface area contributed by atoms with Crippen LogP contribution in [0.3, 0.4) is 0 Å². The zero-order valence-electron chi connectivity index (χ0n) is 11.3. The first kappa shape index (κ1) is 13.2. The van der Waals surface area contributed by atoms with Gasteiger partial charge in [-0.25, -0.2) is 0 Å². The molecular weight excluding hydrogens is 198 g/mol. The van der Waals surface area contributed by atoms with Crippen LogP contribution in [0.25, 0.3) is 0 Å². The second kappa shape index (κ2) is 6.04. The molecule has 1 aromatic rings. The van der Waals surface area contributed by atoms with Gasteiger partial charge >= 0.3 is 0 Å². The Morgan fingerprint density at radius 1 is 1.31 bits per heavy atom. The quantitative estimate of drug-likeness (QED) is 0.803. The second-order valence-electron chi connectivity index (χ2n) is 4.46. The Hall–Kier alpha value is -0.830. The standard InChI is InChI=1S/C13H25N3/c1-6-8-12(14-5)9-16-11(4)13(7-2)10(3)15-16/h12,14H,6-9H2,1-5H3. The van der Waals surface area contributed by atoms with Crippen LogP contribution >= 0.6 is 0 Å². The summed E-state index contributed by atoms with van der Waals surface area (Å²) in [5.41, 5.74) is 3.93. The van der Waals surface area contributed by atoms with Crippen LogP contribution in [-0.4, -0.2) is 22.9 Å². The summed E-state index contributed by atoms with van der Waals surface area (Å²) in [7, 11) is 2.03. The van der Waals surface area contributed by atoms with Crippen LogP contribution in [0.15, 0.2) is 0 Å². The third kappa shape index (κ3) is 2.85. The number of nitrogens with one attached hydrogen (secondary N) is 1. The maximum Gasteiger partial charge on any atom is 0.0628 e. The Bertz CT molecular complexity index is 328. The molecule has 92 valence electrons. The highest BCUT2D eigenvalue weighted by molar-refractivity contribution is 5.24. The number of hydrogen-bond acceptors (Lipinski definition) is 2. The predicted molar refractivity (Wildman–Crippen MR) is 68.8 cm³/mol. The van der Waals surface area contributed by atoms with E-state index in [2.05, 4.69) is 42.8 Å². The van der Waals surface area contributed by atoms with Crippen LogP contribution in [0, 0.1) is 13.8 Å². The topological polar surface area (TPSA) is 29.9 Å². The molecule has 0 aromatic carbocycles. The van der Waals surface area contributed by atoms with Crippen LogP contribution in [-0.2, 0) is 13.0 Å². The van der Waals surface area contributed by atoms with Gasteiger partial charge in [-0.2, -0.15) is 5.10 Å². The summed E-state index contributed by atoms with van der Waals surface area (Å²) >= 11 is 0. The molecule has 0 amide bonds. The van der Waals surface area contributed by atoms with E-state index in [1.54, 1.807) is 0 Å². The van der Waals surface area contributed by atoms with Gasteiger partial charge in [-0.05, 0) is 39.3 Å². The molecule has 1 heterocycles. The molecule has 0 aliphatic rings. The van der Waals surface area contributed by atoms with Gasteiger partial charge in [0.2, 0.25) is 0 Å². The van der Waals surface area contributed by atoms with Crippen LogP contribution in [0.4, 0.5) is 0 Å². The number of nitrogens with zero attached hydrogens (tertiary/aromatic N) is 2. The fourth-order valence-electron chi connectivity index (χ4n) is 2.31. The van der Waals surface area contributed by atoms with Gasteiger partial charge in [0.1, 0.15) is 0 Å². The van der Waals surface area contributed by atoms with Crippen molar-refractivity contribution in [1.29, 1.82) is 0 Å². The molecule has 1 atom stereocenters. The molecule has 3 heteroatoms. The molecule has 0 spiro atoms. The van der Waals surface area contributed by atoms with E-state index in [9.17, 15) is 0 Å². The molecule has 1 aromatic heterocycles. The normalized spacial score (nSPS) is 13.1. The lowest BCUT2D eigenvalue weighted by Crippen LogP contribution is -2.30. The minimum Gasteiger partial charge on any atom is -0.315 e. The molecule has 0 bridgehead atoms. The minimum atomic E-state index is 0.535. The number of aromatic nitrogens is 2. The molecule has 0 saturated heterocycles. The first-order valence-electron chi connectivity index (χ1n) is 6.34. The van der Waals surface area contributed by atoms with Crippen molar-refractivity contribution in [2.75, 3.05) is 7.05 Å². The summed E-state index contributed by atoms with van der Waals surface area (Å²) in [5, 5.41) is 7.99. The zero-order chi connectivity index (χ0) is 12.1. The fraction of sp³-hybridized carbons (Fsp3) is 0.769. The average molecular weight is 223 g/mol. The van der Waals surface area contributed by atoms with E-state index in [0.29, 0.717) is 6.04 Å². The van der Waals surface area contributed by atoms with Crippen molar-refractivity contribution in [1.82, 2.24) is 15.1 Å². The second-order valence-corrected chi connectivity index (χ2v) is 4.46. The zero-order valence-corrected chi connectivity index (χ0v) is 11.3. The van der Waals surface area contributed by atoms with Crippen LogP contribution in [0.1, 0.15) is 43.6 Å². The number of likely N-dealkylation sites (N-methyl/N-ethyl adjacent to an activating group) is 1. The molecule has 0 radical (unpaired) electrons. The highest BCUT2D eigenvalue weighted by Gasteiger charge is 2.12. The molecule has 3 nitrogen and oxygen atoms in total. The summed E-state index contributed by atoms with van der Waals surface area (Å²) in [6, 6.07) is 0.535. The lowest BCUT2D eigenvalue weighted by Gasteiger charge is -2.16. The summed E-state index contributed by atoms with van der Waals surface area (Å²) < 4.78 is 2.16. The Kier molecular flexibility index (Phi) is 5.00. The molecular formula is C13H25N3. The van der Waals surface area contributed by atoms with Crippen molar-refractivity contribution in [2.24, 2.45) is 0 Å². The Morgan fingerprint density at radius 2 is 2.00 bits per heavy atom. The lowest BCUT2D eigenvalue weighted by atomic mass is 10.1. The Balaban J connectivity index is 2.80. The van der Waals surface area contributed by atoms with E-state index < -0.39 is 0 Å². The third-order valence-electron chi connectivity index (χ3n) is 3.32. The molecule has 1 N–H and O–H groups in total. The summed E-state index contributed by atoms with van der Waals surface area (Å²) in [6.07, 6.45) is 3.50. The summed E-state index contributed by atoms with van der Waals surface area (Å²) in [5.74, 6) is 0. The molecule has 0 fully saturated rings. The van der Waals surface area contributed by atoms with E-state index in [1.165, 1.54) is 29.8 Å². The Morgan fingerprint density at radius 3 is 2.44 bits per heavy atom. The van der Waals surface area contributed by atoms with E-state index in [4.69, 9.17) is 0 Å². The van der Waals surface area contributed by atoms with Gasteiger partial charge in [0.15, 0.2) is 0 Å². The summed E-state index contributed by atoms with van der Waals surface area (Å²) in [6.45, 7) is 9.69. The van der Waals surface area contributed by atoms with E-state index in [0.717, 1.165) is 13.0 Å². The van der Waals surface area contributed by atoms with Crippen molar-refractivity contribution >= 4 is 0 Å². The maximum absolute atomic E-state index is 4.63. The van der Waals surface area contributed by atoms with Gasteiger partial charge in [0.05, 0.1) is 12.2 Å². The summed E-state index contributed by atoms with van der Waals surface area (Å²) in [4.78, 5) is 0.